The summed E-state index contributed by atoms with van der Waals surface area (Å²) < 4.78 is 0. The zero-order chi connectivity index (χ0) is 10.4. The normalized spacial score (nSPS) is 14.5. The van der Waals surface area contributed by atoms with Gasteiger partial charge in [-0.3, -0.25) is 9.89 Å². The van der Waals surface area contributed by atoms with Crippen LogP contribution in [0.1, 0.15) is 17.5 Å². The fourth-order valence-corrected chi connectivity index (χ4v) is 2.32. The molecular weight excluding hydrogens is 212 g/mol. The summed E-state index contributed by atoms with van der Waals surface area (Å²) in [5.74, 6) is 0. The Labute approximate surface area is 91.1 Å². The van der Waals surface area contributed by atoms with E-state index in [1.54, 1.807) is 0 Å². The summed E-state index contributed by atoms with van der Waals surface area (Å²) in [6.07, 6.45) is 3.32. The number of aryl methyl sites for hydroxylation is 2. The lowest BCUT2D eigenvalue weighted by Crippen LogP contribution is -2.07. The monoisotopic (exact) mass is 220 g/mol. The summed E-state index contributed by atoms with van der Waals surface area (Å²) in [4.78, 5) is 11.7. The van der Waals surface area contributed by atoms with Crippen molar-refractivity contribution < 1.29 is 0 Å². The molecule has 1 aliphatic carbocycles. The van der Waals surface area contributed by atoms with Crippen molar-refractivity contribution in [2.45, 2.75) is 19.3 Å². The lowest BCUT2D eigenvalue weighted by atomic mass is 10.1. The Morgan fingerprint density at radius 3 is 2.80 bits per heavy atom. The fraction of sp³-hybridized carbons (Fsp3) is 0.273. The third-order valence-corrected chi connectivity index (χ3v) is 3.19. The van der Waals surface area contributed by atoms with E-state index >= 15 is 0 Å². The van der Waals surface area contributed by atoms with Gasteiger partial charge in [0, 0.05) is 0 Å². The van der Waals surface area contributed by atoms with Crippen LogP contribution >= 0.6 is 11.6 Å². The Bertz CT molecular complexity index is 603. The second-order valence-electron chi connectivity index (χ2n) is 3.86. The van der Waals surface area contributed by atoms with Gasteiger partial charge in [0.15, 0.2) is 5.15 Å². The molecule has 0 spiro atoms. The lowest BCUT2D eigenvalue weighted by molar-refractivity contribution is 0.912. The first-order valence-corrected chi connectivity index (χ1v) is 5.33. The molecule has 0 saturated carbocycles. The standard InChI is InChI=1S/C11H9ClN2O/c12-11-10(15)8-4-6-2-1-3-7(6)5-9(8)13-14-11/h4-5H,1-3H2,(H,13,15). The molecule has 15 heavy (non-hydrogen) atoms. The second-order valence-corrected chi connectivity index (χ2v) is 4.22. The summed E-state index contributed by atoms with van der Waals surface area (Å²) in [5.41, 5.74) is 3.20. The number of fused-ring (bicyclic) bond motifs is 2. The van der Waals surface area contributed by atoms with Crippen LogP contribution < -0.4 is 5.43 Å². The van der Waals surface area contributed by atoms with Gasteiger partial charge in [-0.15, -0.1) is 0 Å². The van der Waals surface area contributed by atoms with Gasteiger partial charge in [-0.1, -0.05) is 11.6 Å². The Hall–Kier alpha value is -1.35. The van der Waals surface area contributed by atoms with E-state index in [0.717, 1.165) is 18.4 Å². The highest BCUT2D eigenvalue weighted by Crippen LogP contribution is 2.25. The molecule has 0 radical (unpaired) electrons. The summed E-state index contributed by atoms with van der Waals surface area (Å²) in [5, 5.41) is 7.23. The molecule has 4 heteroatoms. The van der Waals surface area contributed by atoms with Crippen LogP contribution in [0.15, 0.2) is 16.9 Å². The number of H-pyrrole nitrogens is 1. The first-order valence-electron chi connectivity index (χ1n) is 4.95. The number of aromatic amines is 1. The van der Waals surface area contributed by atoms with Crippen LogP contribution in [0, 0.1) is 0 Å². The Kier molecular flexibility index (Phi) is 1.83. The SMILES string of the molecule is O=c1c(Cl)n[nH]c2cc3c(cc12)CCC3. The molecule has 1 N–H and O–H groups in total. The van der Waals surface area contributed by atoms with Crippen molar-refractivity contribution in [3.05, 3.63) is 38.6 Å². The number of benzene rings is 1. The van der Waals surface area contributed by atoms with Gasteiger partial charge in [-0.2, -0.15) is 5.10 Å². The molecule has 3 nitrogen and oxygen atoms in total. The van der Waals surface area contributed by atoms with Gasteiger partial charge in [0.2, 0.25) is 5.43 Å². The van der Waals surface area contributed by atoms with Gasteiger partial charge >= 0.3 is 0 Å². The van der Waals surface area contributed by atoms with E-state index in [1.807, 2.05) is 12.1 Å². The molecule has 0 amide bonds. The molecule has 1 aliphatic rings. The molecule has 3 rings (SSSR count). The van der Waals surface area contributed by atoms with E-state index in [4.69, 9.17) is 11.6 Å². The highest BCUT2D eigenvalue weighted by molar-refractivity contribution is 6.29. The van der Waals surface area contributed by atoms with Gasteiger partial charge in [0.25, 0.3) is 0 Å². The molecule has 2 aromatic rings. The van der Waals surface area contributed by atoms with Crippen LogP contribution in [0.3, 0.4) is 0 Å². The largest absolute Gasteiger partial charge is 0.286 e. The van der Waals surface area contributed by atoms with Crippen LogP contribution in [0.4, 0.5) is 0 Å². The predicted octanol–water partition coefficient (Wildman–Crippen LogP) is 2.07. The van der Waals surface area contributed by atoms with Crippen LogP contribution in [0.2, 0.25) is 5.15 Å². The zero-order valence-corrected chi connectivity index (χ0v) is 8.77. The van der Waals surface area contributed by atoms with E-state index in [2.05, 4.69) is 10.2 Å². The summed E-state index contributed by atoms with van der Waals surface area (Å²) >= 11 is 5.68. The summed E-state index contributed by atoms with van der Waals surface area (Å²) in [6, 6.07) is 3.96. The second kappa shape index (κ2) is 3.07. The van der Waals surface area contributed by atoms with Crippen molar-refractivity contribution in [2.75, 3.05) is 0 Å². The van der Waals surface area contributed by atoms with Crippen molar-refractivity contribution in [3.63, 3.8) is 0 Å². The topological polar surface area (TPSA) is 45.8 Å². The van der Waals surface area contributed by atoms with Gasteiger partial charge in [0.05, 0.1) is 10.9 Å². The molecule has 0 bridgehead atoms. The van der Waals surface area contributed by atoms with Crippen molar-refractivity contribution >= 4 is 22.5 Å². The van der Waals surface area contributed by atoms with Crippen LogP contribution in [0.25, 0.3) is 10.9 Å². The Morgan fingerprint density at radius 2 is 2.00 bits per heavy atom. The van der Waals surface area contributed by atoms with Gasteiger partial charge in [-0.25, -0.2) is 0 Å². The average Bonchev–Trinajstić information content (AvgIpc) is 2.68. The first kappa shape index (κ1) is 8.92. The van der Waals surface area contributed by atoms with Crippen molar-refractivity contribution in [1.82, 2.24) is 10.2 Å². The number of halogens is 1. The van der Waals surface area contributed by atoms with Gasteiger partial charge < -0.3 is 0 Å². The number of hydrogen-bond acceptors (Lipinski definition) is 2. The quantitative estimate of drug-likeness (QED) is 0.739. The molecule has 1 aromatic carbocycles. The maximum absolute atomic E-state index is 11.7. The molecule has 1 heterocycles. The first-order chi connectivity index (χ1) is 7.25. The van der Waals surface area contributed by atoms with E-state index in [0.29, 0.717) is 5.39 Å². The van der Waals surface area contributed by atoms with Gasteiger partial charge in [-0.05, 0) is 42.5 Å². The van der Waals surface area contributed by atoms with Crippen molar-refractivity contribution in [2.24, 2.45) is 0 Å². The van der Waals surface area contributed by atoms with E-state index in [-0.39, 0.29) is 10.6 Å². The average molecular weight is 221 g/mol. The van der Waals surface area contributed by atoms with Gasteiger partial charge in [0.1, 0.15) is 0 Å². The molecule has 76 valence electrons. The minimum atomic E-state index is -0.180. The van der Waals surface area contributed by atoms with Crippen LogP contribution in [-0.2, 0) is 12.8 Å². The Morgan fingerprint density at radius 1 is 1.27 bits per heavy atom. The molecule has 1 aromatic heterocycles. The minimum absolute atomic E-state index is 0.0143. The van der Waals surface area contributed by atoms with E-state index in [1.165, 1.54) is 17.5 Å². The molecule has 0 atom stereocenters. The molecule has 0 unspecified atom stereocenters. The zero-order valence-electron chi connectivity index (χ0n) is 8.01. The third-order valence-electron chi connectivity index (χ3n) is 2.94. The van der Waals surface area contributed by atoms with E-state index in [9.17, 15) is 4.79 Å². The molecule has 0 saturated heterocycles. The summed E-state index contributed by atoms with van der Waals surface area (Å²) in [6.45, 7) is 0. The molecule has 0 fully saturated rings. The van der Waals surface area contributed by atoms with Crippen molar-refractivity contribution in [3.8, 4) is 0 Å². The molecular formula is C11H9ClN2O. The van der Waals surface area contributed by atoms with Crippen LogP contribution in [0.5, 0.6) is 0 Å². The number of rotatable bonds is 0. The molecule has 0 aliphatic heterocycles. The maximum Gasteiger partial charge on any atom is 0.226 e. The van der Waals surface area contributed by atoms with E-state index < -0.39 is 0 Å². The third kappa shape index (κ3) is 1.27. The number of aromatic nitrogens is 2. The fourth-order valence-electron chi connectivity index (χ4n) is 2.18. The highest BCUT2D eigenvalue weighted by Gasteiger charge is 2.14. The Balaban J connectivity index is 2.44. The maximum atomic E-state index is 11.7. The summed E-state index contributed by atoms with van der Waals surface area (Å²) in [7, 11) is 0. The number of nitrogens with zero attached hydrogens (tertiary/aromatic N) is 1. The lowest BCUT2D eigenvalue weighted by Gasteiger charge is -2.02. The minimum Gasteiger partial charge on any atom is -0.286 e. The highest BCUT2D eigenvalue weighted by atomic mass is 35.5. The number of nitrogens with one attached hydrogen (secondary N) is 1. The van der Waals surface area contributed by atoms with Crippen LogP contribution in [-0.4, -0.2) is 10.2 Å². The van der Waals surface area contributed by atoms with Crippen molar-refractivity contribution in [1.29, 1.82) is 0 Å². The predicted molar refractivity (Wildman–Crippen MR) is 59.4 cm³/mol. The smallest absolute Gasteiger partial charge is 0.226 e. The number of hydrogen-bond donors (Lipinski definition) is 1.